The number of hydrogen-bond acceptors (Lipinski definition) is 6. The third-order valence-electron chi connectivity index (χ3n) is 3.97. The number of fused-ring (bicyclic) bond motifs is 1. The zero-order valence-corrected chi connectivity index (χ0v) is 14.2. The van der Waals surface area contributed by atoms with E-state index >= 15 is 0 Å². The first-order chi connectivity index (χ1) is 11.5. The molecule has 0 aliphatic carbocycles. The number of anilines is 1. The van der Waals surface area contributed by atoms with Crippen LogP contribution in [-0.2, 0) is 17.2 Å². The quantitative estimate of drug-likeness (QED) is 0.891. The Morgan fingerprint density at radius 3 is 2.75 bits per heavy atom. The number of aliphatic hydroxyl groups is 1. The first-order valence-corrected chi connectivity index (χ1v) is 8.88. The van der Waals surface area contributed by atoms with Crippen molar-refractivity contribution in [3.63, 3.8) is 0 Å². The molecule has 1 aliphatic rings. The molecule has 0 bridgehead atoms. The van der Waals surface area contributed by atoms with Crippen LogP contribution in [0.1, 0.15) is 42.0 Å². The molecule has 1 aromatic carbocycles. The van der Waals surface area contributed by atoms with Gasteiger partial charge in [-0.05, 0) is 24.5 Å². The summed E-state index contributed by atoms with van der Waals surface area (Å²) in [5, 5.41) is 12.9. The van der Waals surface area contributed by atoms with E-state index in [0.717, 1.165) is 5.56 Å². The number of hydrogen-bond donors (Lipinski definition) is 2. The fourth-order valence-electron chi connectivity index (χ4n) is 2.64. The Labute approximate surface area is 141 Å². The molecule has 2 heterocycles. The van der Waals surface area contributed by atoms with Crippen molar-refractivity contribution in [2.45, 2.75) is 31.7 Å². The molecule has 2 aromatic rings. The van der Waals surface area contributed by atoms with Crippen LogP contribution in [-0.4, -0.2) is 14.5 Å². The summed E-state index contributed by atoms with van der Waals surface area (Å²) in [5.41, 5.74) is 1.45. The molecule has 3 rings (SSSR count). The second-order valence-corrected chi connectivity index (χ2v) is 7.16. The van der Waals surface area contributed by atoms with Crippen LogP contribution in [0.15, 0.2) is 50.6 Å². The predicted molar refractivity (Wildman–Crippen MR) is 93.4 cm³/mol. The van der Waals surface area contributed by atoms with Gasteiger partial charge in [0.25, 0.3) is 0 Å². The van der Waals surface area contributed by atoms with E-state index in [9.17, 15) is 14.1 Å². The van der Waals surface area contributed by atoms with Gasteiger partial charge in [-0.2, -0.15) is 0 Å². The number of aliphatic hydroxyl groups excluding tert-OH is 1. The topological polar surface area (TPSA) is 91.9 Å². The lowest BCUT2D eigenvalue weighted by Crippen LogP contribution is -2.28. The van der Waals surface area contributed by atoms with Crippen molar-refractivity contribution in [2.24, 2.45) is 4.99 Å². The largest absolute Gasteiger partial charge is 0.406 e. The van der Waals surface area contributed by atoms with Crippen molar-refractivity contribution < 1.29 is 13.7 Å². The number of nitrogens with zero attached hydrogens (tertiary/aromatic N) is 1. The Morgan fingerprint density at radius 1 is 1.38 bits per heavy atom. The molecule has 6 nitrogen and oxygen atoms in total. The van der Waals surface area contributed by atoms with Crippen LogP contribution >= 0.6 is 0 Å². The molecule has 0 radical (unpaired) electrons. The molecule has 3 atom stereocenters. The molecule has 0 amide bonds. The van der Waals surface area contributed by atoms with Crippen LogP contribution in [0.25, 0.3) is 0 Å². The van der Waals surface area contributed by atoms with Crippen LogP contribution < -0.4 is 10.9 Å². The van der Waals surface area contributed by atoms with Crippen LogP contribution in [0.3, 0.4) is 0 Å². The van der Waals surface area contributed by atoms with E-state index in [1.807, 2.05) is 44.2 Å². The van der Waals surface area contributed by atoms with Crippen LogP contribution in [0.5, 0.6) is 0 Å². The number of aliphatic imine (C=N–C) groups is 1. The maximum absolute atomic E-state index is 12.8. The Kier molecular flexibility index (Phi) is 4.64. The highest BCUT2D eigenvalue weighted by Gasteiger charge is 2.29. The molecule has 0 saturated heterocycles. The second-order valence-electron chi connectivity index (χ2n) is 5.47. The van der Waals surface area contributed by atoms with Gasteiger partial charge in [-0.3, -0.25) is 4.21 Å². The van der Waals surface area contributed by atoms with Crippen molar-refractivity contribution in [1.29, 1.82) is 0 Å². The van der Waals surface area contributed by atoms with Gasteiger partial charge < -0.3 is 14.8 Å². The molecule has 2 N–H and O–H groups in total. The molecular formula is C17H18N2O4S. The first kappa shape index (κ1) is 16.6. The van der Waals surface area contributed by atoms with Gasteiger partial charge in [0.2, 0.25) is 5.88 Å². The van der Waals surface area contributed by atoms with Gasteiger partial charge >= 0.3 is 5.63 Å². The second kappa shape index (κ2) is 6.70. The smallest absolute Gasteiger partial charge is 0.337 e. The van der Waals surface area contributed by atoms with E-state index in [-0.39, 0.29) is 16.3 Å². The van der Waals surface area contributed by atoms with Gasteiger partial charge in [-0.15, -0.1) is 0 Å². The van der Waals surface area contributed by atoms with E-state index in [1.165, 1.54) is 6.07 Å². The Bertz CT molecular complexity index is 861. The molecule has 126 valence electrons. The summed E-state index contributed by atoms with van der Waals surface area (Å²) in [4.78, 5) is 15.8. The number of nitrogens with one attached hydrogen (secondary N) is 1. The lowest BCUT2D eigenvalue weighted by Gasteiger charge is -2.23. The molecule has 0 fully saturated rings. The molecular weight excluding hydrogens is 328 g/mol. The predicted octanol–water partition coefficient (Wildman–Crippen LogP) is 2.48. The monoisotopic (exact) mass is 346 g/mol. The Morgan fingerprint density at radius 2 is 2.08 bits per heavy atom. The van der Waals surface area contributed by atoms with E-state index in [0.29, 0.717) is 17.5 Å². The zero-order valence-electron chi connectivity index (χ0n) is 13.4. The molecule has 0 saturated carbocycles. The lowest BCUT2D eigenvalue weighted by molar-refractivity contribution is 0.184. The summed E-state index contributed by atoms with van der Waals surface area (Å²) in [6, 6.07) is 10.7. The summed E-state index contributed by atoms with van der Waals surface area (Å²) >= 11 is 0. The number of aryl methyl sites for hydroxylation is 1. The van der Waals surface area contributed by atoms with Gasteiger partial charge in [0.15, 0.2) is 11.4 Å². The summed E-state index contributed by atoms with van der Waals surface area (Å²) in [6.07, 6.45) is -0.649. The number of benzene rings is 1. The lowest BCUT2D eigenvalue weighted by atomic mass is 10.1. The van der Waals surface area contributed by atoms with E-state index < -0.39 is 22.7 Å². The van der Waals surface area contributed by atoms with Crippen LogP contribution in [0, 0.1) is 0 Å². The summed E-state index contributed by atoms with van der Waals surface area (Å²) in [6.45, 7) is 3.69. The SMILES string of the molecule is CCc1cc(=O)oc2c1C(O)N=C(S(=O)C(C)c1ccccc1)N2. The third-order valence-corrected chi connectivity index (χ3v) is 5.47. The molecule has 1 aromatic heterocycles. The fraction of sp³-hybridized carbons (Fsp3) is 0.294. The number of rotatable bonds is 3. The first-order valence-electron chi connectivity index (χ1n) is 7.66. The standard InChI is InChI=1S/C17H18N2O4S/c1-3-11-9-13(20)23-16-14(11)15(21)18-17(19-16)24(22)10(2)12-7-5-4-6-8-12/h4-10,15,21H,3H2,1-2H3,(H,18,19). The molecule has 3 unspecified atom stereocenters. The minimum Gasteiger partial charge on any atom is -0.406 e. The Hall–Kier alpha value is -2.25. The molecule has 7 heteroatoms. The van der Waals surface area contributed by atoms with Crippen LogP contribution in [0.4, 0.5) is 5.88 Å². The number of amidine groups is 1. The van der Waals surface area contributed by atoms with Crippen molar-refractivity contribution >= 4 is 21.9 Å². The maximum Gasteiger partial charge on any atom is 0.337 e. The summed E-state index contributed by atoms with van der Waals surface area (Å²) in [5.74, 6) is 0.116. The normalized spacial score (nSPS) is 19.0. The highest BCUT2D eigenvalue weighted by molar-refractivity contribution is 8.01. The van der Waals surface area contributed by atoms with Gasteiger partial charge in [0.1, 0.15) is 0 Å². The Balaban J connectivity index is 1.94. The molecule has 1 aliphatic heterocycles. The van der Waals surface area contributed by atoms with Crippen LogP contribution in [0.2, 0.25) is 0 Å². The van der Waals surface area contributed by atoms with E-state index in [4.69, 9.17) is 4.42 Å². The highest BCUT2D eigenvalue weighted by Crippen LogP contribution is 2.32. The average molecular weight is 346 g/mol. The molecule has 24 heavy (non-hydrogen) atoms. The average Bonchev–Trinajstić information content (AvgIpc) is 2.59. The highest BCUT2D eigenvalue weighted by atomic mass is 32.2. The van der Waals surface area contributed by atoms with Crippen molar-refractivity contribution in [3.05, 3.63) is 63.5 Å². The van der Waals surface area contributed by atoms with Crippen molar-refractivity contribution in [1.82, 2.24) is 0 Å². The van der Waals surface area contributed by atoms with E-state index in [1.54, 1.807) is 0 Å². The van der Waals surface area contributed by atoms with Gasteiger partial charge in [0.05, 0.1) is 21.6 Å². The van der Waals surface area contributed by atoms with E-state index in [2.05, 4.69) is 10.3 Å². The molecule has 0 spiro atoms. The van der Waals surface area contributed by atoms with Gasteiger partial charge in [0, 0.05) is 6.07 Å². The third kappa shape index (κ3) is 3.05. The summed E-state index contributed by atoms with van der Waals surface area (Å²) in [7, 11) is -1.53. The minimum absolute atomic E-state index is 0.0998. The fourth-order valence-corrected chi connectivity index (χ4v) is 3.78. The van der Waals surface area contributed by atoms with Crippen molar-refractivity contribution in [2.75, 3.05) is 5.32 Å². The minimum atomic E-state index is -1.53. The van der Waals surface area contributed by atoms with Crippen molar-refractivity contribution in [3.8, 4) is 0 Å². The summed E-state index contributed by atoms with van der Waals surface area (Å²) < 4.78 is 17.9. The van der Waals surface area contributed by atoms with Gasteiger partial charge in [-0.1, -0.05) is 37.3 Å². The maximum atomic E-state index is 12.8. The zero-order chi connectivity index (χ0) is 17.3. The van der Waals surface area contributed by atoms with Gasteiger partial charge in [-0.25, -0.2) is 9.79 Å².